The highest BCUT2D eigenvalue weighted by Gasteiger charge is 2.64. The summed E-state index contributed by atoms with van der Waals surface area (Å²) in [5, 5.41) is 42.5. The van der Waals surface area contributed by atoms with Gasteiger partial charge in [-0.25, -0.2) is 24.0 Å². The Hall–Kier alpha value is -6.05. The number of anilines is 1. The maximum absolute atomic E-state index is 14.5. The van der Waals surface area contributed by atoms with Crippen LogP contribution < -0.4 is 20.6 Å². The van der Waals surface area contributed by atoms with E-state index in [0.717, 1.165) is 62.4 Å². The number of methoxy groups -OCH3 is 2. The van der Waals surface area contributed by atoms with Crippen molar-refractivity contribution in [2.45, 2.75) is 153 Å². The number of rotatable bonds is 18. The molecule has 5 N–H and O–H groups in total. The zero-order chi connectivity index (χ0) is 63.3. The number of aromatic nitrogens is 3. The summed E-state index contributed by atoms with van der Waals surface area (Å²) in [7, 11) is 9.45. The molecule has 8 rings (SSSR count). The Bertz CT molecular complexity index is 3260. The summed E-state index contributed by atoms with van der Waals surface area (Å²) >= 11 is 6.88. The van der Waals surface area contributed by atoms with Crippen LogP contribution in [0.3, 0.4) is 0 Å². The SMILES string of the molecule is COc1cc2cc(c1Cl)N(C)C(=O)C[C@H](OC(=O)[C@H](C)N(C)C(=O)CCSSC(C)(C)CCN1CCN(Cc3ccc(-n4c(-c5cc(C(C)C)c(O)cc5O)n[nH]c4=O)cc3)CC1)[C@]1(C)O[C@H]1[C@H](C)[C@@H]1C[C@@](O)(NC(=O)O1)[C@H](OC)/C=C/CC=C(C)C2. The molecule has 4 aliphatic rings. The van der Waals surface area contributed by atoms with E-state index in [1.807, 2.05) is 76.2 Å². The number of halogens is 1. The van der Waals surface area contributed by atoms with E-state index in [2.05, 4.69) is 39.2 Å². The number of aliphatic hydroxyl groups is 1. The van der Waals surface area contributed by atoms with E-state index in [1.165, 1.54) is 34.7 Å². The third-order valence-corrected chi connectivity index (χ3v) is 21.0. The Balaban J connectivity index is 0.832. The quantitative estimate of drug-likeness (QED) is 0.0205. The number of aromatic hydroxyl groups is 2. The first-order valence-electron chi connectivity index (χ1n) is 29.6. The minimum absolute atomic E-state index is 0.0168. The number of carbonyl (C=O) groups excluding carboxylic acids is 4. The molecule has 5 heterocycles. The van der Waals surface area contributed by atoms with Gasteiger partial charge >= 0.3 is 17.8 Å². The molecule has 4 aromatic rings. The van der Waals surface area contributed by atoms with Crippen LogP contribution in [0, 0.1) is 5.92 Å². The summed E-state index contributed by atoms with van der Waals surface area (Å²) in [6.45, 7) is 20.7. The number of fused-ring (bicyclic) bond motifs is 5. The molecule has 1 aromatic heterocycles. The number of ether oxygens (including phenoxy) is 5. The first-order chi connectivity index (χ1) is 41.1. The predicted molar refractivity (Wildman–Crippen MR) is 338 cm³/mol. The van der Waals surface area contributed by atoms with Crippen molar-refractivity contribution in [3.63, 3.8) is 0 Å². The fraction of sp³-hybridized carbons (Fsp3) is 0.556. The molecule has 24 heteroatoms. The Morgan fingerprint density at radius 1 is 1.01 bits per heavy atom. The van der Waals surface area contributed by atoms with Crippen LogP contribution in [0.1, 0.15) is 110 Å². The molecule has 474 valence electrons. The van der Waals surface area contributed by atoms with Crippen LogP contribution in [-0.2, 0) is 46.3 Å². The molecule has 8 atom stereocenters. The van der Waals surface area contributed by atoms with Gasteiger partial charge in [-0.05, 0) is 113 Å². The molecule has 4 bridgehead atoms. The number of piperazine rings is 1. The highest BCUT2D eigenvalue weighted by atomic mass is 35.5. The predicted octanol–water partition coefficient (Wildman–Crippen LogP) is 8.74. The van der Waals surface area contributed by atoms with Gasteiger partial charge < -0.3 is 53.7 Å². The molecule has 0 spiro atoms. The molecule has 0 radical (unpaired) electrons. The van der Waals surface area contributed by atoms with Gasteiger partial charge in [-0.1, -0.05) is 89.9 Å². The molecular formula is C63H85ClN8O13S2. The van der Waals surface area contributed by atoms with Gasteiger partial charge in [0.15, 0.2) is 11.5 Å². The Labute approximate surface area is 522 Å². The number of phenolic OH excluding ortho intramolecular Hbond substituents is 2. The number of benzene rings is 3. The largest absolute Gasteiger partial charge is 0.508 e. The Morgan fingerprint density at radius 3 is 2.39 bits per heavy atom. The Kier molecular flexibility index (Phi) is 21.7. The molecular weight excluding hydrogens is 1180 g/mol. The van der Waals surface area contributed by atoms with Crippen LogP contribution in [-0.4, -0.2) is 182 Å². The summed E-state index contributed by atoms with van der Waals surface area (Å²) in [6, 6.07) is 13.3. The molecule has 0 saturated carbocycles. The number of likely N-dealkylation sites (N-methyl/N-ethyl adjacent to an activating group) is 1. The number of phenols is 2. The zero-order valence-electron chi connectivity index (χ0n) is 51.9. The van der Waals surface area contributed by atoms with Gasteiger partial charge in [0, 0.05) is 89.3 Å². The summed E-state index contributed by atoms with van der Waals surface area (Å²) in [4.78, 5) is 76.2. The van der Waals surface area contributed by atoms with Crippen molar-refractivity contribution in [1.82, 2.24) is 34.8 Å². The summed E-state index contributed by atoms with van der Waals surface area (Å²) in [6.07, 6.45) is 2.77. The fourth-order valence-electron chi connectivity index (χ4n) is 11.5. The molecule has 0 aliphatic carbocycles. The number of aromatic amines is 1. The van der Waals surface area contributed by atoms with Crippen molar-refractivity contribution in [3.05, 3.63) is 105 Å². The molecule has 87 heavy (non-hydrogen) atoms. The number of H-pyrrole nitrogens is 1. The number of nitrogens with one attached hydrogen (secondary N) is 2. The minimum atomic E-state index is -1.84. The first kappa shape index (κ1) is 66.9. The molecule has 0 unspecified atom stereocenters. The van der Waals surface area contributed by atoms with Crippen molar-refractivity contribution in [2.24, 2.45) is 5.92 Å². The number of alkyl carbamates (subject to hydrolysis) is 1. The number of amides is 3. The smallest absolute Gasteiger partial charge is 0.409 e. The van der Waals surface area contributed by atoms with Crippen molar-refractivity contribution >= 4 is 62.8 Å². The van der Waals surface area contributed by atoms with E-state index < -0.39 is 71.4 Å². The van der Waals surface area contributed by atoms with Crippen LogP contribution in [0.25, 0.3) is 17.1 Å². The lowest BCUT2D eigenvalue weighted by Gasteiger charge is -2.42. The topological polar surface area (TPSA) is 254 Å². The molecule has 3 fully saturated rings. The van der Waals surface area contributed by atoms with Crippen molar-refractivity contribution in [2.75, 3.05) is 71.7 Å². The molecule has 4 aliphatic heterocycles. The zero-order valence-corrected chi connectivity index (χ0v) is 54.3. The first-order valence-corrected chi connectivity index (χ1v) is 32.3. The number of esters is 1. The van der Waals surface area contributed by atoms with Gasteiger partial charge in [-0.2, -0.15) is 5.10 Å². The summed E-state index contributed by atoms with van der Waals surface area (Å²) < 4.78 is 31.1. The van der Waals surface area contributed by atoms with Gasteiger partial charge in [0.2, 0.25) is 11.8 Å². The molecule has 21 nitrogen and oxygen atoms in total. The van der Waals surface area contributed by atoms with E-state index in [4.69, 9.17) is 35.3 Å². The summed E-state index contributed by atoms with van der Waals surface area (Å²) in [5.74, 6) is -1.07. The molecule has 3 amide bonds. The normalized spacial score (nSPS) is 24.9. The van der Waals surface area contributed by atoms with Gasteiger partial charge in [-0.3, -0.25) is 19.8 Å². The van der Waals surface area contributed by atoms with Crippen molar-refractivity contribution in [3.8, 4) is 34.3 Å². The van der Waals surface area contributed by atoms with Gasteiger partial charge in [-0.15, -0.1) is 0 Å². The number of hydrogen-bond donors (Lipinski definition) is 5. The number of hydrogen-bond acceptors (Lipinski definition) is 18. The van der Waals surface area contributed by atoms with Crippen molar-refractivity contribution in [1.29, 1.82) is 0 Å². The Morgan fingerprint density at radius 2 is 1.71 bits per heavy atom. The molecule has 3 aromatic carbocycles. The minimum Gasteiger partial charge on any atom is -0.508 e. The highest BCUT2D eigenvalue weighted by molar-refractivity contribution is 8.77. The number of allylic oxidation sites excluding steroid dienone is 3. The van der Waals surface area contributed by atoms with Crippen LogP contribution in [0.5, 0.6) is 17.2 Å². The second-order valence-corrected chi connectivity index (χ2v) is 27.9. The van der Waals surface area contributed by atoms with E-state index in [9.17, 15) is 39.3 Å². The fourth-order valence-corrected chi connectivity index (χ4v) is 14.3. The number of epoxide rings is 1. The second-order valence-electron chi connectivity index (χ2n) is 24.4. The lowest BCUT2D eigenvalue weighted by molar-refractivity contribution is -0.162. The van der Waals surface area contributed by atoms with Crippen molar-refractivity contribution < 1.29 is 58.2 Å². The van der Waals surface area contributed by atoms with E-state index in [0.29, 0.717) is 46.8 Å². The van der Waals surface area contributed by atoms with Gasteiger partial charge in [0.05, 0.1) is 36.6 Å². The lowest BCUT2D eigenvalue weighted by Crippen LogP contribution is -2.63. The van der Waals surface area contributed by atoms with Crippen LogP contribution >= 0.6 is 33.2 Å². The maximum atomic E-state index is 14.5. The average molecular weight is 1260 g/mol. The third kappa shape index (κ3) is 15.9. The maximum Gasteiger partial charge on any atom is 0.409 e. The van der Waals surface area contributed by atoms with E-state index in [-0.39, 0.29) is 58.2 Å². The monoisotopic (exact) mass is 1260 g/mol. The van der Waals surface area contributed by atoms with Gasteiger partial charge in [0.25, 0.3) is 0 Å². The highest BCUT2D eigenvalue weighted by Crippen LogP contribution is 2.50. The lowest BCUT2D eigenvalue weighted by atomic mass is 9.83. The van der Waals surface area contributed by atoms with E-state index in [1.54, 1.807) is 61.7 Å². The average Bonchev–Trinajstić information content (AvgIpc) is 1.63. The van der Waals surface area contributed by atoms with Crippen LogP contribution in [0.4, 0.5) is 10.5 Å². The van der Waals surface area contributed by atoms with Gasteiger partial charge in [0.1, 0.15) is 52.2 Å². The standard InChI is InChI=1S/C63H85ClN8O13S2/c1-37(2)44-32-45(48(74)33-47(44)73)57-66-67-59(78)72(57)43-19-17-41(18-20-43)36-71-26-24-70(25-27-71)23-22-61(6,7)87-86-28-21-53(75)68(9)40(5)58(77)84-52-34-54(76)69(10)46-30-42(31-49(81-11)55(46)64)29-38(3)15-13-14-16-51(82-12)63(80)35-50(83-60(79)65-63)39(4)56-62(52,8)85-56/h14-20,30-33,37,39-40,50-52,56,73-74,80H,13,21-29,34-36H2,1-12H3,(H,65,79)(H,67,78)/b16-14+,38-15?/t39-,40+,50+,51-,52+,56+,62+,63+/m1/s1. The van der Waals surface area contributed by atoms with Crippen LogP contribution in [0.2, 0.25) is 5.02 Å². The van der Waals surface area contributed by atoms with E-state index >= 15 is 0 Å². The third-order valence-electron chi connectivity index (χ3n) is 17.2. The number of nitrogens with zero attached hydrogens (tertiary/aromatic N) is 6. The number of carbonyl (C=O) groups is 4. The molecule has 3 saturated heterocycles. The summed E-state index contributed by atoms with van der Waals surface area (Å²) in [5.41, 5.74) is 1.36. The van der Waals surface area contributed by atoms with Crippen LogP contribution in [0.15, 0.2) is 77.1 Å². The second kappa shape index (κ2) is 28.2.